The molecule has 0 aliphatic rings. The minimum absolute atomic E-state index is 0.231. The third-order valence-corrected chi connectivity index (χ3v) is 5.15. The number of hydrogen-bond donors (Lipinski definition) is 0. The predicted octanol–water partition coefficient (Wildman–Crippen LogP) is 5.40. The Bertz CT molecular complexity index is 1050. The summed E-state index contributed by atoms with van der Waals surface area (Å²) in [5, 5.41) is 0.534. The number of Topliss-reactive ketones (excluding diaryl/α,β-unsaturated/α-hetero) is 1. The maximum Gasteiger partial charge on any atom is 0.338 e. The summed E-state index contributed by atoms with van der Waals surface area (Å²) in [6.07, 6.45) is 0. The predicted molar refractivity (Wildman–Crippen MR) is 111 cm³/mol. The fourth-order valence-electron chi connectivity index (χ4n) is 3.19. The van der Waals surface area contributed by atoms with Gasteiger partial charge in [-0.15, -0.1) is 0 Å². The number of hydrogen-bond acceptors (Lipinski definition) is 3. The number of carbonyl (C=O) groups excluding carboxylic acids is 2. The van der Waals surface area contributed by atoms with Crippen LogP contribution in [0.3, 0.4) is 0 Å². The van der Waals surface area contributed by atoms with Crippen molar-refractivity contribution in [2.45, 2.75) is 27.7 Å². The summed E-state index contributed by atoms with van der Waals surface area (Å²) in [5.41, 5.74) is 6.11. The number of ketones is 1. The molecule has 0 aliphatic carbocycles. The van der Waals surface area contributed by atoms with Gasteiger partial charge in [0.1, 0.15) is 0 Å². The minimum atomic E-state index is -0.548. The van der Waals surface area contributed by atoms with Crippen molar-refractivity contribution in [3.63, 3.8) is 0 Å². The molecule has 0 bridgehead atoms. The Morgan fingerprint density at radius 3 is 2.25 bits per heavy atom. The molecule has 0 fully saturated rings. The lowest BCUT2D eigenvalue weighted by Crippen LogP contribution is -2.15. The third kappa shape index (κ3) is 4.02. The van der Waals surface area contributed by atoms with Gasteiger partial charge in [0.15, 0.2) is 6.61 Å². The number of esters is 1. The van der Waals surface area contributed by atoms with E-state index in [9.17, 15) is 9.59 Å². The van der Waals surface area contributed by atoms with Crippen LogP contribution in [-0.2, 0) is 4.74 Å². The standard InChI is InChI=1S/C23H22ClNO3/c1-14-5-10-20(11-15(14)2)25-16(3)12-21(17(25)4)22(26)13-28-23(27)18-6-8-19(24)9-7-18/h5-12H,13H2,1-4H3. The largest absolute Gasteiger partial charge is 0.454 e. The summed E-state index contributed by atoms with van der Waals surface area (Å²) >= 11 is 5.82. The average Bonchev–Trinajstić information content (AvgIpc) is 2.97. The quantitative estimate of drug-likeness (QED) is 0.429. The molecule has 2 aromatic carbocycles. The zero-order valence-corrected chi connectivity index (χ0v) is 17.1. The zero-order valence-electron chi connectivity index (χ0n) is 16.4. The molecule has 1 aromatic heterocycles. The van der Waals surface area contributed by atoms with E-state index >= 15 is 0 Å². The Balaban J connectivity index is 1.78. The van der Waals surface area contributed by atoms with Gasteiger partial charge in [0.2, 0.25) is 5.78 Å². The van der Waals surface area contributed by atoms with Crippen LogP contribution in [0.15, 0.2) is 48.5 Å². The van der Waals surface area contributed by atoms with Crippen LogP contribution in [0.25, 0.3) is 5.69 Å². The molecule has 0 amide bonds. The van der Waals surface area contributed by atoms with Gasteiger partial charge in [0.05, 0.1) is 5.56 Å². The van der Waals surface area contributed by atoms with Crippen molar-refractivity contribution in [2.75, 3.05) is 6.61 Å². The van der Waals surface area contributed by atoms with Crippen LogP contribution in [-0.4, -0.2) is 22.9 Å². The minimum Gasteiger partial charge on any atom is -0.454 e. The van der Waals surface area contributed by atoms with Crippen molar-refractivity contribution in [2.24, 2.45) is 0 Å². The van der Waals surface area contributed by atoms with Crippen LogP contribution in [0.2, 0.25) is 5.02 Å². The van der Waals surface area contributed by atoms with Crippen LogP contribution < -0.4 is 0 Å². The zero-order chi connectivity index (χ0) is 20.4. The second-order valence-electron chi connectivity index (χ2n) is 6.89. The van der Waals surface area contributed by atoms with Crippen LogP contribution in [0.5, 0.6) is 0 Å². The van der Waals surface area contributed by atoms with Crippen LogP contribution in [0.4, 0.5) is 0 Å². The van der Waals surface area contributed by atoms with Gasteiger partial charge in [0.25, 0.3) is 0 Å². The molecule has 0 spiro atoms. The van der Waals surface area contributed by atoms with E-state index in [1.165, 1.54) is 11.1 Å². The lowest BCUT2D eigenvalue weighted by molar-refractivity contribution is 0.0474. The fraction of sp³-hybridized carbons (Fsp3) is 0.217. The van der Waals surface area contributed by atoms with Gasteiger partial charge in [0, 0.05) is 27.7 Å². The molecule has 0 radical (unpaired) electrons. The van der Waals surface area contributed by atoms with Crippen molar-refractivity contribution >= 4 is 23.4 Å². The van der Waals surface area contributed by atoms with E-state index in [0.29, 0.717) is 16.1 Å². The number of ether oxygens (including phenoxy) is 1. The maximum absolute atomic E-state index is 12.7. The Hall–Kier alpha value is -2.85. The molecule has 3 aromatic rings. The summed E-state index contributed by atoms with van der Waals surface area (Å²) < 4.78 is 7.23. The van der Waals surface area contributed by atoms with Gasteiger partial charge in [-0.2, -0.15) is 0 Å². The van der Waals surface area contributed by atoms with Gasteiger partial charge in [-0.3, -0.25) is 4.79 Å². The smallest absolute Gasteiger partial charge is 0.338 e. The normalized spacial score (nSPS) is 10.8. The van der Waals surface area contributed by atoms with Gasteiger partial charge in [-0.25, -0.2) is 4.79 Å². The first-order valence-electron chi connectivity index (χ1n) is 9.00. The number of halogens is 1. The number of aromatic nitrogens is 1. The topological polar surface area (TPSA) is 48.3 Å². The summed E-state index contributed by atoms with van der Waals surface area (Å²) in [5.74, 6) is -0.779. The number of nitrogens with zero attached hydrogens (tertiary/aromatic N) is 1. The van der Waals surface area contributed by atoms with E-state index in [-0.39, 0.29) is 12.4 Å². The monoisotopic (exact) mass is 395 g/mol. The Labute approximate surface area is 169 Å². The first-order valence-corrected chi connectivity index (χ1v) is 9.38. The van der Waals surface area contributed by atoms with Crippen molar-refractivity contribution in [3.8, 4) is 5.69 Å². The highest BCUT2D eigenvalue weighted by molar-refractivity contribution is 6.30. The molecule has 0 unspecified atom stereocenters. The number of carbonyl (C=O) groups is 2. The molecule has 0 saturated carbocycles. The van der Waals surface area contributed by atoms with Crippen molar-refractivity contribution in [1.82, 2.24) is 4.57 Å². The van der Waals surface area contributed by atoms with E-state index in [2.05, 4.69) is 26.0 Å². The second kappa shape index (κ2) is 8.03. The highest BCUT2D eigenvalue weighted by Gasteiger charge is 2.19. The third-order valence-electron chi connectivity index (χ3n) is 4.89. The SMILES string of the molecule is Cc1ccc(-n2c(C)cc(C(=O)COC(=O)c3ccc(Cl)cc3)c2C)cc1C. The molecule has 28 heavy (non-hydrogen) atoms. The molecule has 144 valence electrons. The van der Waals surface area contributed by atoms with Crippen molar-refractivity contribution < 1.29 is 14.3 Å². The highest BCUT2D eigenvalue weighted by Crippen LogP contribution is 2.23. The molecule has 0 aliphatic heterocycles. The average molecular weight is 396 g/mol. The van der Waals surface area contributed by atoms with Crippen LogP contribution >= 0.6 is 11.6 Å². The lowest BCUT2D eigenvalue weighted by Gasteiger charge is -2.12. The molecule has 0 saturated heterocycles. The fourth-order valence-corrected chi connectivity index (χ4v) is 3.31. The molecule has 0 atom stereocenters. The summed E-state index contributed by atoms with van der Waals surface area (Å²) in [6.45, 7) is 7.68. The van der Waals surface area contributed by atoms with Gasteiger partial charge in [-0.1, -0.05) is 17.7 Å². The summed E-state index contributed by atoms with van der Waals surface area (Å²) in [7, 11) is 0. The highest BCUT2D eigenvalue weighted by atomic mass is 35.5. The van der Waals surface area contributed by atoms with E-state index in [0.717, 1.165) is 17.1 Å². The van der Waals surface area contributed by atoms with Crippen LogP contribution in [0, 0.1) is 27.7 Å². The van der Waals surface area contributed by atoms with Gasteiger partial charge < -0.3 is 9.30 Å². The van der Waals surface area contributed by atoms with E-state index < -0.39 is 5.97 Å². The first-order chi connectivity index (χ1) is 13.3. The Morgan fingerprint density at radius 1 is 0.929 bits per heavy atom. The molecule has 0 N–H and O–H groups in total. The van der Waals surface area contributed by atoms with E-state index in [4.69, 9.17) is 16.3 Å². The number of aryl methyl sites for hydroxylation is 3. The first kappa shape index (κ1) is 19.9. The number of benzene rings is 2. The summed E-state index contributed by atoms with van der Waals surface area (Å²) in [6, 6.07) is 14.4. The second-order valence-corrected chi connectivity index (χ2v) is 7.33. The number of rotatable bonds is 5. The molecular weight excluding hydrogens is 374 g/mol. The lowest BCUT2D eigenvalue weighted by atomic mass is 10.1. The van der Waals surface area contributed by atoms with E-state index in [1.54, 1.807) is 24.3 Å². The van der Waals surface area contributed by atoms with Gasteiger partial charge in [-0.05, 0) is 81.3 Å². The molecule has 3 rings (SSSR count). The molecule has 1 heterocycles. The van der Waals surface area contributed by atoms with Crippen LogP contribution in [0.1, 0.15) is 43.2 Å². The van der Waals surface area contributed by atoms with E-state index in [1.807, 2.05) is 30.5 Å². The van der Waals surface area contributed by atoms with Gasteiger partial charge >= 0.3 is 5.97 Å². The van der Waals surface area contributed by atoms with Crippen molar-refractivity contribution in [1.29, 1.82) is 0 Å². The Kier molecular flexibility index (Phi) is 5.71. The molecular formula is C23H22ClNO3. The van der Waals surface area contributed by atoms with Crippen molar-refractivity contribution in [3.05, 3.63) is 87.2 Å². The Morgan fingerprint density at radius 2 is 1.61 bits per heavy atom. The molecule has 4 nitrogen and oxygen atoms in total. The summed E-state index contributed by atoms with van der Waals surface area (Å²) in [4.78, 5) is 24.8. The molecule has 5 heteroatoms. The maximum atomic E-state index is 12.7.